The average molecular weight is 484 g/mol. The van der Waals surface area contributed by atoms with E-state index in [1.807, 2.05) is 11.8 Å². The van der Waals surface area contributed by atoms with Gasteiger partial charge in [0, 0.05) is 42.2 Å². The number of thiazole rings is 1. The van der Waals surface area contributed by atoms with Crippen molar-refractivity contribution in [3.05, 3.63) is 34.9 Å². The summed E-state index contributed by atoms with van der Waals surface area (Å²) in [6.07, 6.45) is 8.70. The molecule has 0 aromatic carbocycles. The Morgan fingerprint density at radius 3 is 2.76 bits per heavy atom. The molecule has 2 fully saturated rings. The quantitative estimate of drug-likeness (QED) is 0.689. The molecule has 2 amide bonds. The number of anilines is 1. The summed E-state index contributed by atoms with van der Waals surface area (Å²) in [7, 11) is 0. The van der Waals surface area contributed by atoms with Crippen LogP contribution in [0.2, 0.25) is 0 Å². The number of likely N-dealkylation sites (tertiary alicyclic amines) is 1. The van der Waals surface area contributed by atoms with Crippen LogP contribution in [0.5, 0.6) is 0 Å². The highest BCUT2D eigenvalue weighted by Gasteiger charge is 2.54. The van der Waals surface area contributed by atoms with Crippen molar-refractivity contribution in [1.29, 1.82) is 0 Å². The molecule has 0 bridgehead atoms. The highest BCUT2D eigenvalue weighted by atomic mass is 32.1. The van der Waals surface area contributed by atoms with E-state index < -0.39 is 6.10 Å². The number of carbonyl (C=O) groups excluding carboxylic acids is 2. The number of hydrogen-bond donors (Lipinski definition) is 2. The van der Waals surface area contributed by atoms with E-state index >= 15 is 0 Å². The Balaban J connectivity index is 1.35. The number of nitrogens with zero attached hydrogens (tertiary/aromatic N) is 4. The SMILES string of the molecule is C[C@H](C(=O)N1CCCC1)[C@@H]1CC[C@@]2(C)Cc3sc(NC(=O)c4cnccn4)nc3[C@@H](C)[C@@H]2[C@H]1O. The molecule has 0 spiro atoms. The molecular weight excluding hydrogens is 450 g/mol. The molecule has 2 aromatic heterocycles. The van der Waals surface area contributed by atoms with Gasteiger partial charge in [0.1, 0.15) is 5.69 Å². The van der Waals surface area contributed by atoms with Gasteiger partial charge in [-0.25, -0.2) is 9.97 Å². The van der Waals surface area contributed by atoms with Crippen LogP contribution in [0, 0.1) is 23.2 Å². The first-order valence-electron chi connectivity index (χ1n) is 12.3. The van der Waals surface area contributed by atoms with Crippen molar-refractivity contribution in [2.75, 3.05) is 18.4 Å². The molecule has 1 aliphatic heterocycles. The van der Waals surface area contributed by atoms with E-state index in [9.17, 15) is 14.7 Å². The molecule has 2 N–H and O–H groups in total. The van der Waals surface area contributed by atoms with Crippen molar-refractivity contribution in [3.8, 4) is 0 Å². The fourth-order valence-electron chi connectivity index (χ4n) is 6.59. The minimum absolute atomic E-state index is 0.0261. The molecule has 34 heavy (non-hydrogen) atoms. The van der Waals surface area contributed by atoms with Gasteiger partial charge in [-0.1, -0.05) is 20.8 Å². The smallest absolute Gasteiger partial charge is 0.277 e. The third kappa shape index (κ3) is 4.02. The third-order valence-electron chi connectivity index (χ3n) is 8.39. The number of aliphatic hydroxyl groups excluding tert-OH is 1. The highest BCUT2D eigenvalue weighted by molar-refractivity contribution is 7.15. The second-order valence-corrected chi connectivity index (χ2v) is 11.6. The highest BCUT2D eigenvalue weighted by Crippen LogP contribution is 2.57. The lowest BCUT2D eigenvalue weighted by Crippen LogP contribution is -2.53. The molecule has 2 aliphatic carbocycles. The lowest BCUT2D eigenvalue weighted by molar-refractivity contribution is -0.143. The molecule has 5 rings (SSSR count). The molecule has 1 saturated carbocycles. The maximum absolute atomic E-state index is 13.1. The first-order chi connectivity index (χ1) is 16.3. The predicted molar refractivity (Wildman–Crippen MR) is 130 cm³/mol. The summed E-state index contributed by atoms with van der Waals surface area (Å²) in [6.45, 7) is 8.08. The fourth-order valence-corrected chi connectivity index (χ4v) is 7.85. The number of aromatic nitrogens is 3. The second kappa shape index (κ2) is 9.00. The number of rotatable bonds is 4. The summed E-state index contributed by atoms with van der Waals surface area (Å²) in [4.78, 5) is 41.6. The Morgan fingerprint density at radius 2 is 2.06 bits per heavy atom. The molecule has 8 nitrogen and oxygen atoms in total. The van der Waals surface area contributed by atoms with E-state index in [0.717, 1.165) is 50.9 Å². The van der Waals surface area contributed by atoms with Crippen molar-refractivity contribution in [2.24, 2.45) is 23.2 Å². The maximum atomic E-state index is 13.1. The van der Waals surface area contributed by atoms with Crippen LogP contribution in [0.4, 0.5) is 5.13 Å². The van der Waals surface area contributed by atoms with E-state index in [1.165, 1.54) is 34.8 Å². The zero-order valence-corrected chi connectivity index (χ0v) is 20.8. The van der Waals surface area contributed by atoms with E-state index in [4.69, 9.17) is 4.98 Å². The Bertz CT molecular complexity index is 1070. The van der Waals surface area contributed by atoms with Gasteiger partial charge in [-0.15, -0.1) is 11.3 Å². The van der Waals surface area contributed by atoms with E-state index in [-0.39, 0.29) is 46.6 Å². The number of nitrogens with one attached hydrogen (secondary N) is 1. The molecule has 182 valence electrons. The molecule has 6 atom stereocenters. The van der Waals surface area contributed by atoms with E-state index in [0.29, 0.717) is 5.13 Å². The summed E-state index contributed by atoms with van der Waals surface area (Å²) in [5, 5.41) is 15.0. The number of aliphatic hydroxyl groups is 1. The molecule has 0 unspecified atom stereocenters. The third-order valence-corrected chi connectivity index (χ3v) is 9.37. The van der Waals surface area contributed by atoms with Gasteiger partial charge in [-0.3, -0.25) is 19.9 Å². The number of amides is 2. The van der Waals surface area contributed by atoms with Crippen molar-refractivity contribution >= 4 is 28.3 Å². The predicted octanol–water partition coefficient (Wildman–Crippen LogP) is 3.50. The van der Waals surface area contributed by atoms with E-state index in [1.54, 1.807) is 0 Å². The number of hydrogen-bond acceptors (Lipinski definition) is 7. The summed E-state index contributed by atoms with van der Waals surface area (Å²) in [5.41, 5.74) is 1.15. The zero-order valence-electron chi connectivity index (χ0n) is 20.0. The van der Waals surface area contributed by atoms with Crippen LogP contribution in [0.1, 0.15) is 73.4 Å². The van der Waals surface area contributed by atoms with Crippen LogP contribution in [0.25, 0.3) is 0 Å². The molecule has 3 heterocycles. The van der Waals surface area contributed by atoms with Crippen LogP contribution in [-0.4, -0.2) is 56.0 Å². The molecule has 1 saturated heterocycles. The normalized spacial score (nSPS) is 31.5. The number of fused-ring (bicyclic) bond motifs is 2. The molecule has 0 radical (unpaired) electrons. The maximum Gasteiger partial charge on any atom is 0.277 e. The molecular formula is C25H33N5O3S. The Labute approximate surface area is 204 Å². The van der Waals surface area contributed by atoms with Gasteiger partial charge in [0.2, 0.25) is 5.91 Å². The topological polar surface area (TPSA) is 108 Å². The monoisotopic (exact) mass is 483 g/mol. The minimum atomic E-state index is -0.553. The van der Waals surface area contributed by atoms with Crippen LogP contribution >= 0.6 is 11.3 Å². The van der Waals surface area contributed by atoms with Gasteiger partial charge >= 0.3 is 0 Å². The van der Waals surface area contributed by atoms with E-state index in [2.05, 4.69) is 29.1 Å². The minimum Gasteiger partial charge on any atom is -0.392 e. The summed E-state index contributed by atoms with van der Waals surface area (Å²) < 4.78 is 0. The Morgan fingerprint density at radius 1 is 1.29 bits per heavy atom. The van der Waals surface area contributed by atoms with Crippen LogP contribution in [0.3, 0.4) is 0 Å². The first kappa shape index (κ1) is 23.4. The summed E-state index contributed by atoms with van der Waals surface area (Å²) >= 11 is 1.51. The Kier molecular flexibility index (Phi) is 6.18. The van der Waals surface area contributed by atoms with Gasteiger partial charge in [0.05, 0.1) is 18.0 Å². The zero-order chi connectivity index (χ0) is 24.0. The van der Waals surface area contributed by atoms with Crippen molar-refractivity contribution < 1.29 is 14.7 Å². The molecule has 9 heteroatoms. The van der Waals surface area contributed by atoms with Gasteiger partial charge in [0.15, 0.2) is 5.13 Å². The van der Waals surface area contributed by atoms with Crippen molar-refractivity contribution in [3.63, 3.8) is 0 Å². The van der Waals surface area contributed by atoms with Gasteiger partial charge in [-0.05, 0) is 49.4 Å². The molecule has 3 aliphatic rings. The van der Waals surface area contributed by atoms with Gasteiger partial charge in [-0.2, -0.15) is 0 Å². The summed E-state index contributed by atoms with van der Waals surface area (Å²) in [5.74, 6) is -0.285. The summed E-state index contributed by atoms with van der Waals surface area (Å²) in [6, 6.07) is 0. The number of carbonyl (C=O) groups is 2. The van der Waals surface area contributed by atoms with Gasteiger partial charge in [0.25, 0.3) is 5.91 Å². The second-order valence-electron chi connectivity index (χ2n) is 10.5. The van der Waals surface area contributed by atoms with Crippen LogP contribution in [-0.2, 0) is 11.2 Å². The average Bonchev–Trinajstić information content (AvgIpc) is 3.49. The van der Waals surface area contributed by atoms with Crippen molar-refractivity contribution in [2.45, 2.75) is 64.9 Å². The largest absolute Gasteiger partial charge is 0.392 e. The first-order valence-corrected chi connectivity index (χ1v) is 13.1. The fraction of sp³-hybridized carbons (Fsp3) is 0.640. The van der Waals surface area contributed by atoms with Crippen LogP contribution in [0.15, 0.2) is 18.6 Å². The van der Waals surface area contributed by atoms with Gasteiger partial charge < -0.3 is 10.0 Å². The standard InChI is InChI=1S/C25H33N5O3S/c1-14(23(33)30-10-4-5-11-30)16-6-7-25(3)12-18-20(15(2)19(25)21(16)31)28-24(34-18)29-22(32)17-13-26-8-9-27-17/h8-9,13-16,19,21,31H,4-7,10-12H2,1-3H3,(H,28,29,32)/t14-,15-,16-,19+,21-,25-/m0/s1. The lowest BCUT2D eigenvalue weighted by Gasteiger charge is -2.53. The van der Waals surface area contributed by atoms with Crippen LogP contribution < -0.4 is 5.32 Å². The Hall–Kier alpha value is -2.39. The van der Waals surface area contributed by atoms with Crippen molar-refractivity contribution in [1.82, 2.24) is 19.9 Å². The molecule has 2 aromatic rings. The lowest BCUT2D eigenvalue weighted by atomic mass is 9.53.